The van der Waals surface area contributed by atoms with E-state index in [9.17, 15) is 14.4 Å². The number of unbranched alkanes of at least 4 members (excludes halogenated alkanes) is 2. The van der Waals surface area contributed by atoms with Crippen LogP contribution in [0.5, 0.6) is 0 Å². The minimum atomic E-state index is -1.17. The fraction of sp³-hybridized carbons (Fsp3) is 0.769. The van der Waals surface area contributed by atoms with E-state index in [0.29, 0.717) is 0 Å². The fourth-order valence-electron chi connectivity index (χ4n) is 1.57. The van der Waals surface area contributed by atoms with Crippen LogP contribution in [0.1, 0.15) is 44.9 Å². The summed E-state index contributed by atoms with van der Waals surface area (Å²) in [5.41, 5.74) is 5.00. The smallest absolute Gasteiger partial charge is 0.320 e. The summed E-state index contributed by atoms with van der Waals surface area (Å²) in [5, 5.41) is 17.2. The van der Waals surface area contributed by atoms with E-state index >= 15 is 0 Å². The highest BCUT2D eigenvalue weighted by Gasteiger charge is 2.15. The normalized spacial score (nSPS) is 18.4. The van der Waals surface area contributed by atoms with E-state index in [1.807, 2.05) is 21.6 Å². The molecule has 0 radical (unpaired) electrons. The second kappa shape index (κ2) is 13.0. The van der Waals surface area contributed by atoms with Crippen molar-refractivity contribution in [1.29, 1.82) is 0 Å². The second-order valence-corrected chi connectivity index (χ2v) is 7.44. The van der Waals surface area contributed by atoms with Gasteiger partial charge in [-0.15, -0.1) is 0 Å². The highest BCUT2D eigenvalue weighted by Crippen LogP contribution is 2.39. The number of hydrogen-bond donors (Lipinski definition) is 3. The summed E-state index contributed by atoms with van der Waals surface area (Å²) in [6.45, 7) is 0. The van der Waals surface area contributed by atoms with Gasteiger partial charge in [-0.2, -0.15) is 0 Å². The van der Waals surface area contributed by atoms with Crippen LogP contribution in [0.4, 0.5) is 0 Å². The average Bonchev–Trinajstić information content (AvgIpc) is 2.94. The molecule has 0 aromatic heterocycles. The molecule has 0 bridgehead atoms. The first-order chi connectivity index (χ1) is 9.97. The highest BCUT2D eigenvalue weighted by molar-refractivity contribution is 8.77. The van der Waals surface area contributed by atoms with Gasteiger partial charge in [0, 0.05) is 23.8 Å². The summed E-state index contributed by atoms with van der Waals surface area (Å²) in [6, 6.07) is -1.06. The van der Waals surface area contributed by atoms with Crippen molar-refractivity contribution in [3.63, 3.8) is 0 Å². The molecule has 6 nitrogen and oxygen atoms in total. The maximum absolute atomic E-state index is 9.99. The quantitative estimate of drug-likeness (QED) is 0.333. The van der Waals surface area contributed by atoms with E-state index in [4.69, 9.17) is 15.9 Å². The number of nitrogens with two attached hydrogens (primary N) is 1. The molecule has 122 valence electrons. The van der Waals surface area contributed by atoms with Crippen LogP contribution in [-0.4, -0.2) is 45.5 Å². The van der Waals surface area contributed by atoms with Crippen molar-refractivity contribution in [2.45, 2.75) is 56.2 Å². The topological polar surface area (TPSA) is 118 Å². The van der Waals surface area contributed by atoms with Crippen molar-refractivity contribution in [2.24, 2.45) is 5.73 Å². The first kappa shape index (κ1) is 20.3. The Bertz CT molecular complexity index is 322. The molecule has 1 rings (SSSR count). The van der Waals surface area contributed by atoms with Crippen molar-refractivity contribution in [3.8, 4) is 0 Å². The lowest BCUT2D eigenvalue weighted by Crippen LogP contribution is -2.30. The van der Waals surface area contributed by atoms with Gasteiger partial charge in [0.15, 0.2) is 0 Å². The Labute approximate surface area is 132 Å². The summed E-state index contributed by atoms with van der Waals surface area (Å²) in [5.74, 6) is -0.874. The van der Waals surface area contributed by atoms with E-state index in [-0.39, 0.29) is 12.8 Å². The van der Waals surface area contributed by atoms with Gasteiger partial charge in [-0.3, -0.25) is 9.59 Å². The monoisotopic (exact) mass is 337 g/mol. The predicted octanol–water partition coefficient (Wildman–Crippen LogP) is 2.16. The predicted molar refractivity (Wildman–Crippen MR) is 85.5 cm³/mol. The zero-order valence-electron chi connectivity index (χ0n) is 11.9. The Hall–Kier alpha value is -0.730. The molecule has 0 spiro atoms. The van der Waals surface area contributed by atoms with Crippen LogP contribution in [0.15, 0.2) is 0 Å². The van der Waals surface area contributed by atoms with E-state index in [0.717, 1.165) is 24.4 Å². The van der Waals surface area contributed by atoms with Crippen LogP contribution in [0.2, 0.25) is 0 Å². The zero-order chi connectivity index (χ0) is 16.1. The van der Waals surface area contributed by atoms with Gasteiger partial charge in [-0.25, -0.2) is 0 Å². The van der Waals surface area contributed by atoms with Crippen molar-refractivity contribution in [1.82, 2.24) is 0 Å². The lowest BCUT2D eigenvalue weighted by Gasteiger charge is -2.04. The molecule has 2 unspecified atom stereocenters. The standard InChI is InChI=1S/C8H14OS2.C5H9NO4/c9-6-3-1-2-4-8-5-7-10-11-8;6-3(5(9)10)1-2-4(7)8/h6,8H,1-5,7H2;3H,1-2,6H2,(H,7,8)(H,9,10). The minimum Gasteiger partial charge on any atom is -0.481 e. The maximum Gasteiger partial charge on any atom is 0.320 e. The maximum atomic E-state index is 9.99. The number of carboxylic acid groups (broad SMARTS) is 2. The molecule has 21 heavy (non-hydrogen) atoms. The number of carbonyl (C=O) groups is 3. The van der Waals surface area contributed by atoms with Crippen LogP contribution < -0.4 is 5.73 Å². The summed E-state index contributed by atoms with van der Waals surface area (Å²) in [4.78, 5) is 29.9. The van der Waals surface area contributed by atoms with E-state index in [2.05, 4.69) is 0 Å². The fourth-order valence-corrected chi connectivity index (χ4v) is 4.59. The number of rotatable bonds is 9. The van der Waals surface area contributed by atoms with Gasteiger partial charge in [0.25, 0.3) is 0 Å². The molecule has 0 aliphatic carbocycles. The van der Waals surface area contributed by atoms with Crippen LogP contribution in [0.25, 0.3) is 0 Å². The first-order valence-electron chi connectivity index (χ1n) is 6.89. The molecule has 0 saturated carbocycles. The first-order valence-corrected chi connectivity index (χ1v) is 9.27. The Balaban J connectivity index is 0.000000384. The molecule has 0 aromatic carbocycles. The van der Waals surface area contributed by atoms with Crippen LogP contribution in [-0.2, 0) is 14.4 Å². The van der Waals surface area contributed by atoms with E-state index in [1.165, 1.54) is 25.0 Å². The Morgan fingerprint density at radius 2 is 2.05 bits per heavy atom. The average molecular weight is 337 g/mol. The van der Waals surface area contributed by atoms with E-state index in [1.54, 1.807) is 0 Å². The third kappa shape index (κ3) is 12.7. The summed E-state index contributed by atoms with van der Waals surface area (Å²) in [7, 11) is 4.02. The summed E-state index contributed by atoms with van der Waals surface area (Å²) < 4.78 is 0. The second-order valence-electron chi connectivity index (χ2n) is 4.66. The van der Waals surface area contributed by atoms with Gasteiger partial charge in [0.1, 0.15) is 12.3 Å². The third-order valence-corrected chi connectivity index (χ3v) is 5.82. The summed E-state index contributed by atoms with van der Waals surface area (Å²) in [6.07, 6.45) is 6.56. The SMILES string of the molecule is NC(CCC(=O)O)C(=O)O.O=CCCCCC1CCSS1. The van der Waals surface area contributed by atoms with Crippen LogP contribution in [0, 0.1) is 0 Å². The van der Waals surface area contributed by atoms with Crippen molar-refractivity contribution >= 4 is 39.8 Å². The number of aldehydes is 1. The molecular formula is C13H23NO5S2. The van der Waals surface area contributed by atoms with Gasteiger partial charge in [-0.05, 0) is 25.7 Å². The lowest BCUT2D eigenvalue weighted by atomic mass is 10.1. The zero-order valence-corrected chi connectivity index (χ0v) is 13.5. The Morgan fingerprint density at radius 3 is 2.52 bits per heavy atom. The molecule has 1 aliphatic heterocycles. The molecule has 8 heteroatoms. The number of carboxylic acids is 2. The number of aliphatic carboxylic acids is 2. The molecular weight excluding hydrogens is 314 g/mol. The van der Waals surface area contributed by atoms with Gasteiger partial charge in [0.05, 0.1) is 0 Å². The Morgan fingerprint density at radius 1 is 1.33 bits per heavy atom. The summed E-state index contributed by atoms with van der Waals surface area (Å²) >= 11 is 0. The van der Waals surface area contributed by atoms with Crippen molar-refractivity contribution in [2.75, 3.05) is 5.75 Å². The highest BCUT2D eigenvalue weighted by atomic mass is 33.1. The third-order valence-electron chi connectivity index (χ3n) is 2.81. The number of hydrogen-bond acceptors (Lipinski definition) is 6. The minimum absolute atomic E-state index is 0.0231. The van der Waals surface area contributed by atoms with Gasteiger partial charge >= 0.3 is 11.9 Å². The molecule has 0 amide bonds. The molecule has 4 N–H and O–H groups in total. The van der Waals surface area contributed by atoms with Gasteiger partial charge in [-0.1, -0.05) is 28.0 Å². The van der Waals surface area contributed by atoms with Gasteiger partial charge in [0.2, 0.25) is 0 Å². The molecule has 1 aliphatic rings. The molecule has 2 atom stereocenters. The molecule has 0 aromatic rings. The van der Waals surface area contributed by atoms with E-state index < -0.39 is 18.0 Å². The van der Waals surface area contributed by atoms with Crippen LogP contribution >= 0.6 is 21.6 Å². The van der Waals surface area contributed by atoms with Gasteiger partial charge < -0.3 is 20.7 Å². The van der Waals surface area contributed by atoms with Crippen molar-refractivity contribution in [3.05, 3.63) is 0 Å². The lowest BCUT2D eigenvalue weighted by molar-refractivity contribution is -0.139. The molecule has 1 fully saturated rings. The molecule has 1 saturated heterocycles. The molecule has 1 heterocycles. The Kier molecular flexibility index (Phi) is 12.5. The van der Waals surface area contributed by atoms with Crippen molar-refractivity contribution < 1.29 is 24.6 Å². The largest absolute Gasteiger partial charge is 0.481 e. The van der Waals surface area contributed by atoms with Crippen LogP contribution in [0.3, 0.4) is 0 Å². The number of carbonyl (C=O) groups excluding carboxylic acids is 1.